The molecule has 2 saturated heterocycles. The van der Waals surface area contributed by atoms with Gasteiger partial charge >= 0.3 is 0 Å². The van der Waals surface area contributed by atoms with E-state index in [2.05, 4.69) is 60.8 Å². The molecule has 1 amide bonds. The van der Waals surface area contributed by atoms with Crippen molar-refractivity contribution in [2.75, 3.05) is 62.6 Å². The van der Waals surface area contributed by atoms with Crippen LogP contribution in [0.3, 0.4) is 0 Å². The summed E-state index contributed by atoms with van der Waals surface area (Å²) >= 11 is 6.27. The number of aromatic nitrogens is 4. The number of piperidine rings is 1. The number of sulfonamides is 1. The number of nitro benzene ring substituents is 1. The highest BCUT2D eigenvalue weighted by molar-refractivity contribution is 7.90. The maximum Gasteiger partial charge on any atom is 0.293 e. The lowest BCUT2D eigenvalue weighted by Gasteiger charge is -2.39. The largest absolute Gasteiger partial charge is 0.379 e. The maximum absolute atomic E-state index is 14.3. The minimum atomic E-state index is -4.56. The van der Waals surface area contributed by atoms with Crippen molar-refractivity contribution in [2.24, 2.45) is 11.3 Å². The zero-order chi connectivity index (χ0) is 45.7. The second kappa shape index (κ2) is 17.8. The van der Waals surface area contributed by atoms with E-state index < -0.39 is 25.7 Å². The molecular formula is C49H55ClN10O5S. The number of carbonyl (C=O) groups is 1. The van der Waals surface area contributed by atoms with Gasteiger partial charge in [-0.1, -0.05) is 43.2 Å². The summed E-state index contributed by atoms with van der Waals surface area (Å²) in [6, 6.07) is 21.8. The number of amides is 1. The molecule has 1 saturated carbocycles. The van der Waals surface area contributed by atoms with Gasteiger partial charge in [0.1, 0.15) is 16.9 Å². The number of likely N-dealkylation sites (tertiary alicyclic amines) is 1. The van der Waals surface area contributed by atoms with Gasteiger partial charge in [-0.3, -0.25) is 19.8 Å². The Labute approximate surface area is 389 Å². The van der Waals surface area contributed by atoms with E-state index in [9.17, 15) is 23.3 Å². The van der Waals surface area contributed by atoms with E-state index in [1.54, 1.807) is 23.1 Å². The molecular weight excluding hydrogens is 876 g/mol. The van der Waals surface area contributed by atoms with Crippen LogP contribution in [-0.2, 0) is 10.0 Å². The van der Waals surface area contributed by atoms with Gasteiger partial charge in [-0.2, -0.15) is 5.10 Å². The molecule has 3 fully saturated rings. The molecule has 6 aromatic rings. The molecule has 10 rings (SSSR count). The summed E-state index contributed by atoms with van der Waals surface area (Å²) in [6.45, 7) is 11.3. The molecule has 2 aliphatic heterocycles. The highest BCUT2D eigenvalue weighted by Crippen LogP contribution is 2.43. The number of aromatic amines is 1. The highest BCUT2D eigenvalue weighted by atomic mass is 35.5. The molecule has 0 radical (unpaired) electrons. The molecule has 0 bridgehead atoms. The zero-order valence-electron chi connectivity index (χ0n) is 37.3. The topological polar surface area (TPSA) is 175 Å². The molecule has 66 heavy (non-hydrogen) atoms. The molecule has 15 nitrogen and oxygen atoms in total. The van der Waals surface area contributed by atoms with E-state index in [4.69, 9.17) is 16.6 Å². The number of H-pyrrole nitrogens is 1. The number of pyridine rings is 1. The van der Waals surface area contributed by atoms with E-state index >= 15 is 0 Å². The molecule has 3 aromatic carbocycles. The number of halogens is 1. The fraction of sp³-hybridized carbons (Fsp3) is 0.408. The lowest BCUT2D eigenvalue weighted by Crippen LogP contribution is -2.47. The van der Waals surface area contributed by atoms with Crippen molar-refractivity contribution in [2.45, 2.75) is 69.7 Å². The molecule has 5 heterocycles. The Hall–Kier alpha value is -5.81. The first-order valence-electron chi connectivity index (χ1n) is 23.0. The number of fused-ring (bicyclic) bond motifs is 2. The number of allylic oxidation sites excluding steroid dienone is 1. The lowest BCUT2D eigenvalue weighted by molar-refractivity contribution is -0.384. The first-order chi connectivity index (χ1) is 31.8. The van der Waals surface area contributed by atoms with E-state index in [1.807, 2.05) is 36.4 Å². The molecule has 344 valence electrons. The van der Waals surface area contributed by atoms with Gasteiger partial charge in [-0.25, -0.2) is 22.8 Å². The van der Waals surface area contributed by atoms with Crippen molar-refractivity contribution >= 4 is 72.2 Å². The average molecular weight is 932 g/mol. The minimum absolute atomic E-state index is 0.0579. The Morgan fingerprint density at radius 2 is 1.73 bits per heavy atom. The molecule has 0 unspecified atom stereocenters. The predicted molar refractivity (Wildman–Crippen MR) is 259 cm³/mol. The fourth-order valence-electron chi connectivity index (χ4n) is 10.0. The summed E-state index contributed by atoms with van der Waals surface area (Å²) < 4.78 is 31.7. The normalized spacial score (nSPS) is 18.9. The van der Waals surface area contributed by atoms with Gasteiger partial charge in [0, 0.05) is 73.7 Å². The van der Waals surface area contributed by atoms with Crippen molar-refractivity contribution in [3.05, 3.63) is 117 Å². The average Bonchev–Trinajstić information content (AvgIpc) is 3.93. The van der Waals surface area contributed by atoms with Crippen molar-refractivity contribution in [3.8, 4) is 5.69 Å². The fourth-order valence-corrected chi connectivity index (χ4v) is 11.1. The number of nitrogens with one attached hydrogen (secondary N) is 3. The minimum Gasteiger partial charge on any atom is -0.379 e. The summed E-state index contributed by atoms with van der Waals surface area (Å²) in [5.74, 6) is -0.542. The van der Waals surface area contributed by atoms with Crippen LogP contribution in [0.2, 0.25) is 5.02 Å². The number of anilines is 2. The SMILES string of the molecule is CC1(C)CCC(CN2CCN(c3ccc(C(=O)NS(=O)(=O)c4ccc(NCC5CCN(C6CC6)CC5)c([N+](=O)[O-])c4)c(-n4ncc5nc6[nH]ccc6cc54)c3)CC2)=C(c2ccc(Cl)cc2)C1. The molecule has 4 aliphatic rings. The van der Waals surface area contributed by atoms with Gasteiger partial charge in [0.2, 0.25) is 0 Å². The highest BCUT2D eigenvalue weighted by Gasteiger charge is 2.33. The predicted octanol–water partition coefficient (Wildman–Crippen LogP) is 8.65. The Balaban J connectivity index is 0.888. The number of piperazine rings is 1. The van der Waals surface area contributed by atoms with Crippen LogP contribution >= 0.6 is 11.6 Å². The number of benzene rings is 3. The van der Waals surface area contributed by atoms with Gasteiger partial charge in [-0.05, 0) is 135 Å². The summed E-state index contributed by atoms with van der Waals surface area (Å²) in [5, 5.41) is 21.7. The number of nitrogens with zero attached hydrogens (tertiary/aromatic N) is 7. The van der Waals surface area contributed by atoms with E-state index in [1.165, 1.54) is 41.7 Å². The maximum atomic E-state index is 14.3. The second-order valence-electron chi connectivity index (χ2n) is 19.2. The van der Waals surface area contributed by atoms with Crippen molar-refractivity contribution < 1.29 is 18.1 Å². The molecule has 17 heteroatoms. The number of rotatable bonds is 13. The first kappa shape index (κ1) is 44.0. The summed E-state index contributed by atoms with van der Waals surface area (Å²) in [4.78, 5) is 40.7. The number of carbonyl (C=O) groups excluding carboxylic acids is 1. The smallest absolute Gasteiger partial charge is 0.293 e. The molecule has 0 spiro atoms. The van der Waals surface area contributed by atoms with Gasteiger partial charge in [0.15, 0.2) is 0 Å². The van der Waals surface area contributed by atoms with E-state index in [-0.39, 0.29) is 22.4 Å². The Morgan fingerprint density at radius 3 is 2.47 bits per heavy atom. The van der Waals surface area contributed by atoms with Crippen molar-refractivity contribution in [1.82, 2.24) is 34.3 Å². The van der Waals surface area contributed by atoms with Crippen molar-refractivity contribution in [1.29, 1.82) is 0 Å². The standard InChI is InChI=1S/C49H55ClN10O5S/c1-49(2)17-13-35(41(28-49)33-3-5-36(50)6-4-33)31-56-21-23-58(24-22-56)38-9-11-40(44(26-38)59-45-25-34-14-18-51-47(34)54-43(45)30-53-59)48(61)55-66(64,65)39-10-12-42(46(27-39)60(62)63)52-29-32-15-19-57(20-16-32)37-7-8-37/h3-6,9-12,14,18,25-27,30,32,37,52H,7-8,13,15-17,19-24,28-29,31H2,1-2H3,(H,51,54)(H,55,61). The third-order valence-electron chi connectivity index (χ3n) is 14.0. The van der Waals surface area contributed by atoms with Gasteiger partial charge in [-0.15, -0.1) is 0 Å². The monoisotopic (exact) mass is 930 g/mol. The van der Waals surface area contributed by atoms with Crippen LogP contribution in [0.1, 0.15) is 74.7 Å². The van der Waals surface area contributed by atoms with E-state index in [0.29, 0.717) is 40.9 Å². The third-order valence-corrected chi connectivity index (χ3v) is 15.6. The summed E-state index contributed by atoms with van der Waals surface area (Å²) in [7, 11) is -4.56. The zero-order valence-corrected chi connectivity index (χ0v) is 38.9. The Morgan fingerprint density at radius 1 is 0.955 bits per heavy atom. The number of hydrogen-bond acceptors (Lipinski definition) is 11. The third kappa shape index (κ3) is 9.28. The van der Waals surface area contributed by atoms with Gasteiger partial charge in [0.05, 0.1) is 32.8 Å². The van der Waals surface area contributed by atoms with Crippen LogP contribution in [0, 0.1) is 21.4 Å². The van der Waals surface area contributed by atoms with Crippen LogP contribution in [0.5, 0.6) is 0 Å². The summed E-state index contributed by atoms with van der Waals surface area (Å²) in [5.41, 5.74) is 7.41. The Bertz CT molecular complexity index is 2960. The van der Waals surface area contributed by atoms with E-state index in [0.717, 1.165) is 100 Å². The van der Waals surface area contributed by atoms with Crippen molar-refractivity contribution in [3.63, 3.8) is 0 Å². The number of hydrogen-bond donors (Lipinski definition) is 3. The molecule has 3 N–H and O–H groups in total. The molecule has 0 atom stereocenters. The Kier molecular flexibility index (Phi) is 11.9. The second-order valence-corrected chi connectivity index (χ2v) is 21.3. The van der Waals surface area contributed by atoms with Crippen LogP contribution in [-0.4, -0.2) is 107 Å². The van der Waals surface area contributed by atoms with Crippen LogP contribution in [0.15, 0.2) is 95.7 Å². The number of nitro groups is 1. The molecule has 2 aliphatic carbocycles. The van der Waals surface area contributed by atoms with Crippen LogP contribution in [0.4, 0.5) is 17.1 Å². The van der Waals surface area contributed by atoms with Gasteiger partial charge in [0.25, 0.3) is 21.6 Å². The summed E-state index contributed by atoms with van der Waals surface area (Å²) in [6.07, 6.45) is 11.2. The van der Waals surface area contributed by atoms with Crippen LogP contribution < -0.4 is 14.9 Å². The first-order valence-corrected chi connectivity index (χ1v) is 24.9. The molecule has 3 aromatic heterocycles. The van der Waals surface area contributed by atoms with Crippen LogP contribution in [0.25, 0.3) is 33.3 Å². The lowest BCUT2D eigenvalue weighted by atomic mass is 9.72. The van der Waals surface area contributed by atoms with Gasteiger partial charge < -0.3 is 20.1 Å². The quantitative estimate of drug-likeness (QED) is 0.0747.